The van der Waals surface area contributed by atoms with Crippen LogP contribution in [0.15, 0.2) is 96.2 Å². The molecule has 1 aromatic heterocycles. The number of nitrogens with zero attached hydrogens (tertiary/aromatic N) is 4. The Morgan fingerprint density at radius 3 is 2.09 bits per heavy atom. The number of ether oxygens (including phenoxy) is 2. The molecule has 0 radical (unpaired) electrons. The third-order valence-electron chi connectivity index (χ3n) is 10.5. The zero-order valence-electron chi connectivity index (χ0n) is 31.5. The van der Waals surface area contributed by atoms with Crippen LogP contribution in [0, 0.1) is 30.2 Å². The van der Waals surface area contributed by atoms with Gasteiger partial charge in [0.25, 0.3) is 0 Å². The van der Waals surface area contributed by atoms with Gasteiger partial charge in [0.15, 0.2) is 28.2 Å². The van der Waals surface area contributed by atoms with Gasteiger partial charge in [-0.2, -0.15) is 4.31 Å². The topological polar surface area (TPSA) is 119 Å². The fourth-order valence-electron chi connectivity index (χ4n) is 7.16. The fraction of sp³-hybridized carbons (Fsp3) is 0.302. The van der Waals surface area contributed by atoms with Crippen molar-refractivity contribution >= 4 is 27.6 Å². The number of amides is 1. The van der Waals surface area contributed by atoms with E-state index in [4.69, 9.17) is 9.47 Å². The maximum atomic E-state index is 15.2. The predicted molar refractivity (Wildman–Crippen MR) is 205 cm³/mol. The van der Waals surface area contributed by atoms with Crippen molar-refractivity contribution in [1.82, 2.24) is 14.3 Å². The summed E-state index contributed by atoms with van der Waals surface area (Å²) in [4.78, 5) is 36.9. The van der Waals surface area contributed by atoms with Crippen LogP contribution >= 0.6 is 0 Å². The number of carbonyl (C=O) groups excluding carboxylic acids is 2. The third kappa shape index (κ3) is 8.46. The summed E-state index contributed by atoms with van der Waals surface area (Å²) < 4.78 is 98.6. The molecule has 1 aliphatic heterocycles. The van der Waals surface area contributed by atoms with Crippen molar-refractivity contribution < 1.29 is 45.0 Å². The molecule has 2 aliphatic rings. The molecule has 302 valence electrons. The molecule has 1 saturated heterocycles. The lowest BCUT2D eigenvalue weighted by Crippen LogP contribution is -2.59. The zero-order chi connectivity index (χ0) is 41.0. The van der Waals surface area contributed by atoms with E-state index in [1.165, 1.54) is 29.3 Å². The smallest absolute Gasteiger partial charge is 0.342 e. The largest absolute Gasteiger partial charge is 0.488 e. The highest BCUT2D eigenvalue weighted by molar-refractivity contribution is 7.89. The van der Waals surface area contributed by atoms with E-state index in [0.717, 1.165) is 55.8 Å². The standard InChI is InChI=1S/C43H40F4N4O6S/c1-27-37(44)39(46)40(47)41(38(27)45)58(54,55)51-20-19-35(51)42(52)50(24-31-22-49-34(23-48-31)30-15-9-4-10-16-30)32-17-18-33(43(53)57-26-29-13-7-3-8-14-29)36(21-32)56-25-28-11-5-2-6-12-28/h2-3,5-8,11-14,17-18,21-23,30,35H,4,9-10,15-16,19-20,24-26H2,1H3/t35-/m1/s1. The minimum atomic E-state index is -5.21. The lowest BCUT2D eigenvalue weighted by Gasteiger charge is -2.41. The van der Waals surface area contributed by atoms with Gasteiger partial charge in [-0.15, -0.1) is 0 Å². The Kier molecular flexibility index (Phi) is 12.2. The van der Waals surface area contributed by atoms with Crippen molar-refractivity contribution in [3.63, 3.8) is 0 Å². The molecule has 1 saturated carbocycles. The summed E-state index contributed by atoms with van der Waals surface area (Å²) in [6, 6.07) is 21.0. The van der Waals surface area contributed by atoms with Gasteiger partial charge in [-0.05, 0) is 49.4 Å². The Labute approximate surface area is 333 Å². The van der Waals surface area contributed by atoms with Crippen LogP contribution < -0.4 is 9.64 Å². The Morgan fingerprint density at radius 1 is 0.793 bits per heavy atom. The number of rotatable bonds is 13. The summed E-state index contributed by atoms with van der Waals surface area (Å²) in [5.74, 6) is -9.25. The minimum absolute atomic E-state index is 0.0235. The monoisotopic (exact) mass is 816 g/mol. The van der Waals surface area contributed by atoms with Gasteiger partial charge in [-0.1, -0.05) is 79.9 Å². The quantitative estimate of drug-likeness (QED) is 0.0504. The maximum Gasteiger partial charge on any atom is 0.342 e. The van der Waals surface area contributed by atoms with Gasteiger partial charge in [0.05, 0.1) is 24.1 Å². The molecule has 0 bridgehead atoms. The molecule has 2 fully saturated rings. The van der Waals surface area contributed by atoms with Crippen molar-refractivity contribution in [1.29, 1.82) is 0 Å². The van der Waals surface area contributed by atoms with Crippen LogP contribution in [0.4, 0.5) is 23.2 Å². The van der Waals surface area contributed by atoms with Crippen LogP contribution in [0.1, 0.15) is 82.9 Å². The van der Waals surface area contributed by atoms with Crippen molar-refractivity contribution in [2.45, 2.75) is 82.1 Å². The molecule has 58 heavy (non-hydrogen) atoms. The molecule has 0 N–H and O–H groups in total. The van der Waals surface area contributed by atoms with Gasteiger partial charge in [-0.3, -0.25) is 14.8 Å². The number of esters is 1. The highest BCUT2D eigenvalue weighted by Gasteiger charge is 2.48. The summed E-state index contributed by atoms with van der Waals surface area (Å²) in [5.41, 5.74) is 1.88. The van der Waals surface area contributed by atoms with E-state index < -0.39 is 61.7 Å². The molecule has 15 heteroatoms. The molecule has 10 nitrogen and oxygen atoms in total. The fourth-order valence-corrected chi connectivity index (χ4v) is 8.97. The van der Waals surface area contributed by atoms with Crippen LogP contribution in [-0.4, -0.2) is 47.2 Å². The van der Waals surface area contributed by atoms with Gasteiger partial charge in [0.2, 0.25) is 15.9 Å². The first kappa shape index (κ1) is 40.5. The van der Waals surface area contributed by atoms with E-state index in [1.807, 2.05) is 48.5 Å². The number of carbonyl (C=O) groups is 2. The molecule has 1 atom stereocenters. The van der Waals surface area contributed by atoms with Crippen LogP contribution in [0.25, 0.3) is 0 Å². The predicted octanol–water partition coefficient (Wildman–Crippen LogP) is 8.32. The lowest BCUT2D eigenvalue weighted by molar-refractivity contribution is -0.125. The van der Waals surface area contributed by atoms with E-state index in [-0.39, 0.29) is 55.6 Å². The highest BCUT2D eigenvalue weighted by atomic mass is 32.2. The number of benzene rings is 4. The number of anilines is 1. The number of sulfonamides is 1. The molecular weight excluding hydrogens is 777 g/mol. The molecule has 5 aromatic rings. The number of aromatic nitrogens is 2. The van der Waals surface area contributed by atoms with Crippen molar-refractivity contribution in [2.24, 2.45) is 0 Å². The zero-order valence-corrected chi connectivity index (χ0v) is 32.4. The van der Waals surface area contributed by atoms with Gasteiger partial charge in [0, 0.05) is 36.0 Å². The second-order valence-electron chi connectivity index (χ2n) is 14.3. The Hall–Kier alpha value is -5.67. The SMILES string of the molecule is Cc1c(F)c(F)c(F)c(S(=O)(=O)N2CC[C@@H]2C(=O)N(Cc2cnc(C3CCCCC3)cn2)c2ccc(C(=O)OCc3ccccc3)c(OCc3ccccc3)c2)c1F. The van der Waals surface area contributed by atoms with Crippen molar-refractivity contribution in [3.05, 3.63) is 148 Å². The summed E-state index contributed by atoms with van der Waals surface area (Å²) >= 11 is 0. The lowest BCUT2D eigenvalue weighted by atomic mass is 9.87. The van der Waals surface area contributed by atoms with Gasteiger partial charge < -0.3 is 14.4 Å². The van der Waals surface area contributed by atoms with E-state index in [2.05, 4.69) is 9.97 Å². The van der Waals surface area contributed by atoms with E-state index in [1.54, 1.807) is 18.3 Å². The van der Waals surface area contributed by atoms with Gasteiger partial charge in [0.1, 0.15) is 30.6 Å². The van der Waals surface area contributed by atoms with Crippen molar-refractivity contribution in [3.8, 4) is 5.75 Å². The number of hydrogen-bond donors (Lipinski definition) is 0. The second kappa shape index (κ2) is 17.4. The van der Waals surface area contributed by atoms with Crippen LogP contribution in [0.3, 0.4) is 0 Å². The van der Waals surface area contributed by atoms with Crippen molar-refractivity contribution in [2.75, 3.05) is 11.4 Å². The minimum Gasteiger partial charge on any atom is -0.488 e. The Balaban J connectivity index is 1.24. The third-order valence-corrected chi connectivity index (χ3v) is 12.5. The van der Waals surface area contributed by atoms with E-state index >= 15 is 4.39 Å². The molecule has 1 aliphatic carbocycles. The molecule has 7 rings (SSSR count). The van der Waals surface area contributed by atoms with Gasteiger partial charge in [-0.25, -0.2) is 30.8 Å². The summed E-state index contributed by atoms with van der Waals surface area (Å²) in [7, 11) is -5.21. The average molecular weight is 817 g/mol. The Bertz CT molecular complexity index is 2370. The first-order valence-corrected chi connectivity index (χ1v) is 20.4. The van der Waals surface area contributed by atoms with Gasteiger partial charge >= 0.3 is 5.97 Å². The normalized spacial score (nSPS) is 16.1. The van der Waals surface area contributed by atoms with Crippen LogP contribution in [-0.2, 0) is 39.3 Å². The van der Waals surface area contributed by atoms with Crippen LogP contribution in [0.2, 0.25) is 0 Å². The second-order valence-corrected chi connectivity index (χ2v) is 16.2. The number of halogens is 4. The summed E-state index contributed by atoms with van der Waals surface area (Å²) in [6.07, 6.45) is 8.42. The highest BCUT2D eigenvalue weighted by Crippen LogP contribution is 2.37. The molecule has 1 amide bonds. The van der Waals surface area contributed by atoms with Crippen LogP contribution in [0.5, 0.6) is 5.75 Å². The molecule has 2 heterocycles. The van der Waals surface area contributed by atoms with E-state index in [9.17, 15) is 31.2 Å². The molecular formula is C43H40F4N4O6S. The first-order valence-electron chi connectivity index (χ1n) is 18.9. The summed E-state index contributed by atoms with van der Waals surface area (Å²) in [5, 5.41) is 0. The first-order chi connectivity index (χ1) is 27.9. The molecule has 0 unspecified atom stereocenters. The Morgan fingerprint density at radius 2 is 1.47 bits per heavy atom. The maximum absolute atomic E-state index is 15.2. The number of hydrogen-bond acceptors (Lipinski definition) is 8. The summed E-state index contributed by atoms with van der Waals surface area (Å²) in [6.45, 7) is 0.224. The molecule has 4 aromatic carbocycles. The average Bonchev–Trinajstić information content (AvgIpc) is 3.23. The molecule has 0 spiro atoms. The van der Waals surface area contributed by atoms with E-state index in [0.29, 0.717) is 10.00 Å².